The third kappa shape index (κ3) is 3.11. The van der Waals surface area contributed by atoms with E-state index in [1.165, 1.54) is 0 Å². The van der Waals surface area contributed by atoms with Crippen LogP contribution in [-0.2, 0) is 4.79 Å². The minimum Gasteiger partial charge on any atom is -0.550 e. The van der Waals surface area contributed by atoms with Crippen LogP contribution in [0.15, 0.2) is 54.6 Å². The highest BCUT2D eigenvalue weighted by atomic mass is 35.5. The molecular weight excluding hydrogens is 248 g/mol. The molecule has 0 fully saturated rings. The van der Waals surface area contributed by atoms with E-state index in [0.29, 0.717) is 0 Å². The molecule has 0 bridgehead atoms. The molecule has 0 saturated carbocycles. The van der Waals surface area contributed by atoms with E-state index in [0.717, 1.165) is 16.7 Å². The predicted molar refractivity (Wildman–Crippen MR) is 72.5 cm³/mol. The average molecular weight is 262 g/mol. The van der Waals surface area contributed by atoms with Gasteiger partial charge in [-0.25, -0.2) is 0 Å². The van der Waals surface area contributed by atoms with Gasteiger partial charge in [0.1, 0.15) is 0 Å². The third-order valence-corrected chi connectivity index (χ3v) is 2.87. The molecule has 18 heavy (non-hydrogen) atoms. The van der Waals surface area contributed by atoms with Gasteiger partial charge in [-0.05, 0) is 16.7 Å². The molecule has 2 nitrogen and oxygen atoms in total. The fourth-order valence-electron chi connectivity index (χ4n) is 1.73. The monoisotopic (exact) mass is 261 g/mol. The number of aliphatic carboxylic acids is 1. The molecule has 0 N–H and O–H groups in total. The van der Waals surface area contributed by atoms with Crippen molar-refractivity contribution in [3.8, 4) is 11.1 Å². The van der Waals surface area contributed by atoms with Gasteiger partial charge in [-0.15, -0.1) is 12.4 Å². The normalized spacial score (nSPS) is 11.4. The average Bonchev–Trinajstić information content (AvgIpc) is 2.39. The van der Waals surface area contributed by atoms with Crippen molar-refractivity contribution in [2.24, 2.45) is 0 Å². The van der Waals surface area contributed by atoms with E-state index in [1.807, 2.05) is 54.6 Å². The van der Waals surface area contributed by atoms with E-state index in [9.17, 15) is 9.90 Å². The standard InChI is InChI=1S/C15H14O2.ClH/c1-11(15(16)17)12-7-9-14(10-8-12)13-5-3-2-4-6-13;/h2-11H,1H3,(H,16,17);1H/p-1. The number of halogens is 1. The first kappa shape index (κ1) is 14.3. The van der Waals surface area contributed by atoms with Crippen molar-refractivity contribution in [3.63, 3.8) is 0 Å². The molecule has 0 aliphatic heterocycles. The lowest BCUT2D eigenvalue weighted by Crippen LogP contribution is -2.27. The van der Waals surface area contributed by atoms with Crippen molar-refractivity contribution in [2.75, 3.05) is 0 Å². The molecular formula is C15H14ClO2-. The third-order valence-electron chi connectivity index (χ3n) is 2.87. The lowest BCUT2D eigenvalue weighted by atomic mass is 9.98. The number of rotatable bonds is 3. The molecule has 2 aromatic carbocycles. The summed E-state index contributed by atoms with van der Waals surface area (Å²) in [7, 11) is 0. The van der Waals surface area contributed by atoms with Gasteiger partial charge in [-0.3, -0.25) is 0 Å². The molecule has 0 aromatic heterocycles. The maximum atomic E-state index is 10.7. The van der Waals surface area contributed by atoms with Crippen LogP contribution in [0.5, 0.6) is 0 Å². The van der Waals surface area contributed by atoms with E-state index in [-0.39, 0.29) is 12.4 Å². The zero-order chi connectivity index (χ0) is 12.3. The minimum atomic E-state index is -1.04. The Morgan fingerprint density at radius 1 is 0.944 bits per heavy atom. The van der Waals surface area contributed by atoms with Gasteiger partial charge in [0.25, 0.3) is 0 Å². The molecule has 1 unspecified atom stereocenters. The van der Waals surface area contributed by atoms with Gasteiger partial charge in [0.2, 0.25) is 0 Å². The van der Waals surface area contributed by atoms with E-state index in [4.69, 9.17) is 0 Å². The summed E-state index contributed by atoms with van der Waals surface area (Å²) in [6.07, 6.45) is 0. The van der Waals surface area contributed by atoms with Gasteiger partial charge in [-0.2, -0.15) is 0 Å². The Bertz CT molecular complexity index is 506. The predicted octanol–water partition coefficient (Wildman–Crippen LogP) is 2.63. The molecule has 0 aliphatic carbocycles. The molecule has 2 aromatic rings. The maximum Gasteiger partial charge on any atom is 0.0486 e. The summed E-state index contributed by atoms with van der Waals surface area (Å²) in [5.41, 5.74) is 2.98. The van der Waals surface area contributed by atoms with Crippen molar-refractivity contribution in [3.05, 3.63) is 60.2 Å². The summed E-state index contributed by atoms with van der Waals surface area (Å²) in [6.45, 7) is 1.63. The summed E-state index contributed by atoms with van der Waals surface area (Å²) in [5.74, 6) is -1.61. The largest absolute Gasteiger partial charge is 0.550 e. The number of hydrogen-bond acceptors (Lipinski definition) is 2. The van der Waals surface area contributed by atoms with Crippen LogP contribution in [0.1, 0.15) is 18.4 Å². The van der Waals surface area contributed by atoms with Crippen LogP contribution in [0.25, 0.3) is 11.1 Å². The van der Waals surface area contributed by atoms with Crippen molar-refractivity contribution in [1.82, 2.24) is 0 Å². The SMILES string of the molecule is CC(C(=O)[O-])c1ccc(-c2ccccc2)cc1.Cl. The Morgan fingerprint density at radius 2 is 1.44 bits per heavy atom. The number of carbonyl (C=O) groups is 1. The second-order valence-electron chi connectivity index (χ2n) is 4.03. The molecule has 2 rings (SSSR count). The van der Waals surface area contributed by atoms with Gasteiger partial charge in [0.15, 0.2) is 0 Å². The quantitative estimate of drug-likeness (QED) is 0.852. The Hall–Kier alpha value is -1.80. The number of carboxylic acid groups (broad SMARTS) is 1. The molecule has 0 saturated heterocycles. The van der Waals surface area contributed by atoms with Gasteiger partial charge in [0.05, 0.1) is 0 Å². The van der Waals surface area contributed by atoms with E-state index < -0.39 is 11.9 Å². The first-order chi connectivity index (χ1) is 8.18. The molecule has 0 heterocycles. The fourth-order valence-corrected chi connectivity index (χ4v) is 1.73. The van der Waals surface area contributed by atoms with Crippen LogP contribution in [0.3, 0.4) is 0 Å². The van der Waals surface area contributed by atoms with E-state index >= 15 is 0 Å². The molecule has 0 radical (unpaired) electrons. The summed E-state index contributed by atoms with van der Waals surface area (Å²) in [6, 6.07) is 17.5. The molecule has 3 heteroatoms. The number of hydrogen-bond donors (Lipinski definition) is 0. The topological polar surface area (TPSA) is 40.1 Å². The summed E-state index contributed by atoms with van der Waals surface area (Å²) in [5, 5.41) is 10.7. The summed E-state index contributed by atoms with van der Waals surface area (Å²) in [4.78, 5) is 10.7. The molecule has 0 aliphatic rings. The second-order valence-corrected chi connectivity index (χ2v) is 4.03. The minimum absolute atomic E-state index is 0. The van der Waals surface area contributed by atoms with Crippen LogP contribution in [-0.4, -0.2) is 5.97 Å². The Labute approximate surface area is 113 Å². The van der Waals surface area contributed by atoms with E-state index in [1.54, 1.807) is 6.92 Å². The lowest BCUT2D eigenvalue weighted by Gasteiger charge is -2.13. The van der Waals surface area contributed by atoms with E-state index in [2.05, 4.69) is 0 Å². The summed E-state index contributed by atoms with van der Waals surface area (Å²) >= 11 is 0. The van der Waals surface area contributed by atoms with Gasteiger partial charge in [0, 0.05) is 11.9 Å². The van der Waals surface area contributed by atoms with Crippen LogP contribution in [0.2, 0.25) is 0 Å². The zero-order valence-corrected chi connectivity index (χ0v) is 10.8. The maximum absolute atomic E-state index is 10.7. The Morgan fingerprint density at radius 3 is 1.94 bits per heavy atom. The van der Waals surface area contributed by atoms with Gasteiger partial charge in [-0.1, -0.05) is 61.5 Å². The van der Waals surface area contributed by atoms with Crippen LogP contribution in [0.4, 0.5) is 0 Å². The number of carbonyl (C=O) groups excluding carboxylic acids is 1. The molecule has 0 spiro atoms. The first-order valence-corrected chi connectivity index (χ1v) is 5.54. The Kier molecular flexibility index (Phi) is 4.93. The Balaban J connectivity index is 0.00000162. The fraction of sp³-hybridized carbons (Fsp3) is 0.133. The number of carboxylic acids is 1. The lowest BCUT2D eigenvalue weighted by molar-refractivity contribution is -0.307. The highest BCUT2D eigenvalue weighted by Crippen LogP contribution is 2.22. The van der Waals surface area contributed by atoms with Crippen LogP contribution >= 0.6 is 12.4 Å². The molecule has 1 atom stereocenters. The van der Waals surface area contributed by atoms with Crippen molar-refractivity contribution in [2.45, 2.75) is 12.8 Å². The highest BCUT2D eigenvalue weighted by Gasteiger charge is 2.06. The van der Waals surface area contributed by atoms with Crippen LogP contribution in [0, 0.1) is 0 Å². The van der Waals surface area contributed by atoms with Crippen molar-refractivity contribution >= 4 is 18.4 Å². The van der Waals surface area contributed by atoms with Crippen molar-refractivity contribution in [1.29, 1.82) is 0 Å². The smallest absolute Gasteiger partial charge is 0.0486 e. The molecule has 0 amide bonds. The first-order valence-electron chi connectivity index (χ1n) is 5.54. The summed E-state index contributed by atoms with van der Waals surface area (Å²) < 4.78 is 0. The van der Waals surface area contributed by atoms with Gasteiger partial charge >= 0.3 is 0 Å². The zero-order valence-electron chi connectivity index (χ0n) is 10.00. The van der Waals surface area contributed by atoms with Crippen molar-refractivity contribution < 1.29 is 9.90 Å². The van der Waals surface area contributed by atoms with Crippen LogP contribution < -0.4 is 5.11 Å². The number of benzene rings is 2. The molecule has 94 valence electrons. The van der Waals surface area contributed by atoms with Gasteiger partial charge < -0.3 is 9.90 Å². The second kappa shape index (κ2) is 6.22. The highest BCUT2D eigenvalue weighted by molar-refractivity contribution is 5.85.